The van der Waals surface area contributed by atoms with E-state index in [1.807, 2.05) is 6.92 Å². The van der Waals surface area contributed by atoms with E-state index < -0.39 is 28.7 Å². The van der Waals surface area contributed by atoms with E-state index in [9.17, 15) is 14.4 Å². The molecule has 0 radical (unpaired) electrons. The van der Waals surface area contributed by atoms with Gasteiger partial charge in [-0.3, -0.25) is 9.59 Å². The van der Waals surface area contributed by atoms with E-state index in [0.29, 0.717) is 18.7 Å². The maximum atomic E-state index is 12.6. The molecule has 0 heterocycles. The van der Waals surface area contributed by atoms with Gasteiger partial charge in [-0.05, 0) is 51.3 Å². The highest BCUT2D eigenvalue weighted by atomic mass is 16.6. The molecule has 1 atom stereocenters. The third kappa shape index (κ3) is 8.20. The maximum absolute atomic E-state index is 12.6. The molecule has 0 fully saturated rings. The standard InChI is InChI=1S/C22H31N3O7/c1-6-22(4,20(28)32-12-11-29-5)15-21(2,3)19(27)31-14-13-30-18(26)16-7-9-17(10-8-16)24-25-23/h7-10H,6,11-15H2,1-5H3. The Bertz CT molecular complexity index is 832. The fourth-order valence-electron chi connectivity index (χ4n) is 3.04. The zero-order valence-corrected chi connectivity index (χ0v) is 19.3. The van der Waals surface area contributed by atoms with Crippen molar-refractivity contribution >= 4 is 23.6 Å². The summed E-state index contributed by atoms with van der Waals surface area (Å²) in [6.07, 6.45) is 0.726. The van der Waals surface area contributed by atoms with Gasteiger partial charge in [0.25, 0.3) is 0 Å². The van der Waals surface area contributed by atoms with Crippen LogP contribution in [0.25, 0.3) is 10.4 Å². The van der Waals surface area contributed by atoms with Gasteiger partial charge in [0.15, 0.2) is 0 Å². The number of benzene rings is 1. The van der Waals surface area contributed by atoms with Crippen LogP contribution in [0.15, 0.2) is 29.4 Å². The van der Waals surface area contributed by atoms with Crippen molar-refractivity contribution in [2.75, 3.05) is 33.5 Å². The fraction of sp³-hybridized carbons (Fsp3) is 0.591. The molecule has 10 heteroatoms. The highest BCUT2D eigenvalue weighted by Crippen LogP contribution is 2.38. The highest BCUT2D eigenvalue weighted by molar-refractivity contribution is 5.89. The maximum Gasteiger partial charge on any atom is 0.338 e. The number of esters is 3. The van der Waals surface area contributed by atoms with E-state index in [1.54, 1.807) is 20.8 Å². The summed E-state index contributed by atoms with van der Waals surface area (Å²) in [4.78, 5) is 39.8. The number of carbonyl (C=O) groups excluding carboxylic acids is 3. The van der Waals surface area contributed by atoms with Crippen LogP contribution in [-0.2, 0) is 28.5 Å². The summed E-state index contributed by atoms with van der Waals surface area (Å²) >= 11 is 0. The quantitative estimate of drug-likeness (QED) is 0.109. The Kier molecular flexibility index (Phi) is 10.7. The van der Waals surface area contributed by atoms with Crippen molar-refractivity contribution in [2.24, 2.45) is 15.9 Å². The average Bonchev–Trinajstić information content (AvgIpc) is 2.76. The number of methoxy groups -OCH3 is 1. The largest absolute Gasteiger partial charge is 0.463 e. The Balaban J connectivity index is 2.54. The van der Waals surface area contributed by atoms with Crippen molar-refractivity contribution in [1.82, 2.24) is 0 Å². The molecule has 0 aliphatic heterocycles. The van der Waals surface area contributed by atoms with Crippen molar-refractivity contribution in [1.29, 1.82) is 0 Å². The molecule has 1 rings (SSSR count). The van der Waals surface area contributed by atoms with Gasteiger partial charge in [-0.15, -0.1) is 0 Å². The van der Waals surface area contributed by atoms with Gasteiger partial charge in [0, 0.05) is 17.7 Å². The van der Waals surface area contributed by atoms with Gasteiger partial charge in [0.1, 0.15) is 19.8 Å². The Hall–Kier alpha value is -3.10. The first-order valence-corrected chi connectivity index (χ1v) is 10.3. The topological polar surface area (TPSA) is 137 Å². The Morgan fingerprint density at radius 2 is 1.50 bits per heavy atom. The molecule has 0 aliphatic rings. The monoisotopic (exact) mass is 449 g/mol. The Morgan fingerprint density at radius 1 is 0.938 bits per heavy atom. The SMILES string of the molecule is CCC(C)(CC(C)(C)C(=O)OCCOC(=O)c1ccc(N=[N+]=[N-])cc1)C(=O)OCCOC. The van der Waals surface area contributed by atoms with Crippen LogP contribution >= 0.6 is 0 Å². The minimum atomic E-state index is -0.952. The van der Waals surface area contributed by atoms with Crippen LogP contribution in [0.1, 0.15) is 50.9 Å². The first-order chi connectivity index (χ1) is 15.1. The van der Waals surface area contributed by atoms with Gasteiger partial charge < -0.3 is 18.9 Å². The van der Waals surface area contributed by atoms with Crippen molar-refractivity contribution in [3.05, 3.63) is 40.3 Å². The van der Waals surface area contributed by atoms with E-state index in [4.69, 9.17) is 24.5 Å². The second kappa shape index (κ2) is 12.7. The minimum absolute atomic E-state index is 0.119. The molecule has 0 saturated heterocycles. The molecule has 0 N–H and O–H groups in total. The molecule has 1 aromatic carbocycles. The molecule has 0 bridgehead atoms. The number of hydrogen-bond acceptors (Lipinski definition) is 8. The van der Waals surface area contributed by atoms with E-state index in [0.717, 1.165) is 0 Å². The lowest BCUT2D eigenvalue weighted by atomic mass is 9.72. The number of nitrogens with zero attached hydrogens (tertiary/aromatic N) is 3. The molecule has 0 amide bonds. The van der Waals surface area contributed by atoms with Crippen LogP contribution in [0, 0.1) is 10.8 Å². The second-order valence-corrected chi connectivity index (χ2v) is 8.11. The molecule has 1 unspecified atom stereocenters. The van der Waals surface area contributed by atoms with Crippen molar-refractivity contribution in [3.8, 4) is 0 Å². The molecule has 10 nitrogen and oxygen atoms in total. The van der Waals surface area contributed by atoms with Crippen molar-refractivity contribution in [3.63, 3.8) is 0 Å². The van der Waals surface area contributed by atoms with Crippen LogP contribution in [0.3, 0.4) is 0 Å². The van der Waals surface area contributed by atoms with E-state index in [-0.39, 0.29) is 31.8 Å². The zero-order valence-electron chi connectivity index (χ0n) is 19.3. The number of hydrogen-bond donors (Lipinski definition) is 0. The van der Waals surface area contributed by atoms with Crippen LogP contribution in [0.2, 0.25) is 0 Å². The molecular formula is C22H31N3O7. The van der Waals surface area contributed by atoms with Crippen LogP contribution in [0.4, 0.5) is 5.69 Å². The lowest BCUT2D eigenvalue weighted by Crippen LogP contribution is -2.39. The third-order valence-corrected chi connectivity index (χ3v) is 4.99. The van der Waals surface area contributed by atoms with E-state index >= 15 is 0 Å². The molecular weight excluding hydrogens is 418 g/mol. The number of azide groups is 1. The Labute approximate surface area is 187 Å². The van der Waals surface area contributed by atoms with E-state index in [2.05, 4.69) is 10.0 Å². The summed E-state index contributed by atoms with van der Waals surface area (Å²) in [7, 11) is 1.52. The van der Waals surface area contributed by atoms with Gasteiger partial charge in [-0.1, -0.05) is 24.2 Å². The molecule has 176 valence electrons. The summed E-state index contributed by atoms with van der Waals surface area (Å²) in [5, 5.41) is 3.42. The smallest absolute Gasteiger partial charge is 0.338 e. The van der Waals surface area contributed by atoms with Gasteiger partial charge in [0.05, 0.1) is 23.0 Å². The minimum Gasteiger partial charge on any atom is -0.463 e. The molecule has 0 saturated carbocycles. The zero-order chi connectivity index (χ0) is 24.2. The number of carbonyl (C=O) groups is 3. The number of ether oxygens (including phenoxy) is 4. The molecule has 0 aliphatic carbocycles. The summed E-state index contributed by atoms with van der Waals surface area (Å²) < 4.78 is 20.5. The van der Waals surface area contributed by atoms with E-state index in [1.165, 1.54) is 31.4 Å². The first-order valence-electron chi connectivity index (χ1n) is 10.3. The second-order valence-electron chi connectivity index (χ2n) is 8.11. The molecule has 32 heavy (non-hydrogen) atoms. The van der Waals surface area contributed by atoms with Gasteiger partial charge in [0.2, 0.25) is 0 Å². The molecule has 0 aromatic heterocycles. The normalized spacial score (nSPS) is 12.8. The summed E-state index contributed by atoms with van der Waals surface area (Å²) in [6, 6.07) is 5.92. The average molecular weight is 450 g/mol. The Morgan fingerprint density at radius 3 is 2.06 bits per heavy atom. The van der Waals surface area contributed by atoms with Crippen LogP contribution < -0.4 is 0 Å². The predicted molar refractivity (Wildman–Crippen MR) is 116 cm³/mol. The number of rotatable bonds is 13. The van der Waals surface area contributed by atoms with Crippen molar-refractivity contribution < 1.29 is 33.3 Å². The molecule has 0 spiro atoms. The summed E-state index contributed by atoms with van der Waals surface area (Å²) in [5.74, 6) is -1.49. The molecule has 1 aromatic rings. The van der Waals surface area contributed by atoms with Crippen LogP contribution in [-0.4, -0.2) is 51.4 Å². The highest BCUT2D eigenvalue weighted by Gasteiger charge is 2.42. The predicted octanol–water partition coefficient (Wildman–Crippen LogP) is 4.35. The first kappa shape index (κ1) is 26.9. The lowest BCUT2D eigenvalue weighted by molar-refractivity contribution is -0.164. The van der Waals surface area contributed by atoms with Crippen molar-refractivity contribution in [2.45, 2.75) is 40.5 Å². The lowest BCUT2D eigenvalue weighted by Gasteiger charge is -2.33. The third-order valence-electron chi connectivity index (χ3n) is 4.99. The van der Waals surface area contributed by atoms with Crippen LogP contribution in [0.5, 0.6) is 0 Å². The fourth-order valence-corrected chi connectivity index (χ4v) is 3.04. The summed E-state index contributed by atoms with van der Waals surface area (Å²) in [5.41, 5.74) is 7.23. The van der Waals surface area contributed by atoms with Gasteiger partial charge in [-0.25, -0.2) is 4.79 Å². The van der Waals surface area contributed by atoms with Gasteiger partial charge in [-0.2, -0.15) is 0 Å². The summed E-state index contributed by atoms with van der Waals surface area (Å²) in [6.45, 7) is 7.22. The van der Waals surface area contributed by atoms with Gasteiger partial charge >= 0.3 is 17.9 Å².